The maximum atomic E-state index is 12.2. The number of hydrogen-bond donors (Lipinski definition) is 0. The van der Waals surface area contributed by atoms with Gasteiger partial charge in [-0.25, -0.2) is 4.79 Å². The number of rotatable bonds is 1. The Balaban J connectivity index is 1.70. The number of piperazine rings is 1. The summed E-state index contributed by atoms with van der Waals surface area (Å²) in [6.45, 7) is 7.20. The van der Waals surface area contributed by atoms with Gasteiger partial charge in [-0.15, -0.1) is 0 Å². The highest BCUT2D eigenvalue weighted by Crippen LogP contribution is 2.34. The third-order valence-electron chi connectivity index (χ3n) is 4.12. The first-order valence-electron chi connectivity index (χ1n) is 7.58. The van der Waals surface area contributed by atoms with E-state index in [1.54, 1.807) is 0 Å². The minimum absolute atomic E-state index is 0.190. The predicted octanol–water partition coefficient (Wildman–Crippen LogP) is 2.01. The molecule has 0 aromatic carbocycles. The fourth-order valence-corrected chi connectivity index (χ4v) is 3.34. The maximum absolute atomic E-state index is 12.2. The van der Waals surface area contributed by atoms with Gasteiger partial charge in [-0.1, -0.05) is 0 Å². The largest absolute Gasteiger partial charge is 0.444 e. The van der Waals surface area contributed by atoms with Crippen LogP contribution in [0.3, 0.4) is 0 Å². The molecular formula is C15H24N4O2. The molecule has 6 nitrogen and oxygen atoms in total. The lowest BCUT2D eigenvalue weighted by Crippen LogP contribution is -2.56. The van der Waals surface area contributed by atoms with Crippen molar-refractivity contribution in [3.8, 4) is 0 Å². The van der Waals surface area contributed by atoms with Crippen LogP contribution in [0.4, 0.5) is 10.5 Å². The smallest absolute Gasteiger partial charge is 0.410 e. The Morgan fingerprint density at radius 2 is 1.90 bits per heavy atom. The standard InChI is InChI=1S/C15H24N4O2/c1-15(2,3)21-14(20)18-9-11-5-6-12(10-18)19(11)13-7-16-17(4)8-13/h7-8,11-12H,5-6,9-10H2,1-4H3. The van der Waals surface area contributed by atoms with Gasteiger partial charge in [0.2, 0.25) is 0 Å². The molecule has 6 heteroatoms. The van der Waals surface area contributed by atoms with Crippen LogP contribution in [0, 0.1) is 0 Å². The first-order valence-corrected chi connectivity index (χ1v) is 7.58. The molecule has 3 rings (SSSR count). The minimum atomic E-state index is -0.434. The summed E-state index contributed by atoms with van der Waals surface area (Å²) in [7, 11) is 1.93. The molecular weight excluding hydrogens is 268 g/mol. The summed E-state index contributed by atoms with van der Waals surface area (Å²) in [5, 5.41) is 4.26. The van der Waals surface area contributed by atoms with Gasteiger partial charge in [0.25, 0.3) is 0 Å². The van der Waals surface area contributed by atoms with Crippen LogP contribution < -0.4 is 4.90 Å². The number of amides is 1. The van der Waals surface area contributed by atoms with Crippen LogP contribution in [0.1, 0.15) is 33.6 Å². The van der Waals surface area contributed by atoms with E-state index in [0.29, 0.717) is 12.1 Å². The number of carbonyl (C=O) groups is 1. The number of aryl methyl sites for hydroxylation is 1. The molecule has 2 aliphatic rings. The maximum Gasteiger partial charge on any atom is 0.410 e. The van der Waals surface area contributed by atoms with Crippen molar-refractivity contribution in [2.45, 2.75) is 51.3 Å². The van der Waals surface area contributed by atoms with Crippen molar-refractivity contribution in [3.05, 3.63) is 12.4 Å². The second-order valence-electron chi connectivity index (χ2n) is 7.05. The van der Waals surface area contributed by atoms with Crippen molar-refractivity contribution in [1.29, 1.82) is 0 Å². The molecule has 1 aromatic rings. The first kappa shape index (κ1) is 14.2. The van der Waals surface area contributed by atoms with Crippen molar-refractivity contribution >= 4 is 11.8 Å². The summed E-state index contributed by atoms with van der Waals surface area (Å²) in [6, 6.07) is 0.751. The van der Waals surface area contributed by atoms with Gasteiger partial charge < -0.3 is 14.5 Å². The Kier molecular flexibility index (Phi) is 3.34. The highest BCUT2D eigenvalue weighted by atomic mass is 16.6. The van der Waals surface area contributed by atoms with E-state index in [1.807, 2.05) is 43.6 Å². The summed E-state index contributed by atoms with van der Waals surface area (Å²) >= 11 is 0. The quantitative estimate of drug-likeness (QED) is 0.794. The van der Waals surface area contributed by atoms with E-state index in [0.717, 1.165) is 31.6 Å². The molecule has 116 valence electrons. The van der Waals surface area contributed by atoms with Gasteiger partial charge in [0.15, 0.2) is 0 Å². The molecule has 3 heterocycles. The third-order valence-corrected chi connectivity index (χ3v) is 4.12. The van der Waals surface area contributed by atoms with Gasteiger partial charge >= 0.3 is 6.09 Å². The zero-order valence-electron chi connectivity index (χ0n) is 13.2. The van der Waals surface area contributed by atoms with Gasteiger partial charge in [-0.05, 0) is 33.6 Å². The summed E-state index contributed by atoms with van der Waals surface area (Å²) in [6.07, 6.45) is 6.02. The number of carbonyl (C=O) groups excluding carboxylic acids is 1. The van der Waals surface area contributed by atoms with Crippen molar-refractivity contribution in [2.75, 3.05) is 18.0 Å². The molecule has 2 saturated heterocycles. The number of likely N-dealkylation sites (tertiary alicyclic amines) is 1. The van der Waals surface area contributed by atoms with E-state index in [2.05, 4.69) is 16.2 Å². The molecule has 0 saturated carbocycles. The van der Waals surface area contributed by atoms with Gasteiger partial charge in [0.05, 0.1) is 11.9 Å². The Labute approximate surface area is 125 Å². The number of hydrogen-bond acceptors (Lipinski definition) is 4. The Morgan fingerprint density at radius 3 is 2.38 bits per heavy atom. The highest BCUT2D eigenvalue weighted by molar-refractivity contribution is 5.69. The normalized spacial score (nSPS) is 25.3. The van der Waals surface area contributed by atoms with Crippen LogP contribution in [0.25, 0.3) is 0 Å². The molecule has 0 spiro atoms. The Hall–Kier alpha value is -1.72. The lowest BCUT2D eigenvalue weighted by molar-refractivity contribution is 0.0209. The number of aromatic nitrogens is 2. The van der Waals surface area contributed by atoms with Crippen LogP contribution >= 0.6 is 0 Å². The molecule has 2 fully saturated rings. The number of nitrogens with zero attached hydrogens (tertiary/aromatic N) is 4. The monoisotopic (exact) mass is 292 g/mol. The van der Waals surface area contributed by atoms with E-state index in [4.69, 9.17) is 4.74 Å². The van der Waals surface area contributed by atoms with E-state index in [1.165, 1.54) is 0 Å². The van der Waals surface area contributed by atoms with Crippen LogP contribution in [0.15, 0.2) is 12.4 Å². The number of ether oxygens (including phenoxy) is 1. The van der Waals surface area contributed by atoms with E-state index >= 15 is 0 Å². The second kappa shape index (κ2) is 4.93. The average molecular weight is 292 g/mol. The average Bonchev–Trinajstić information content (AvgIpc) is 2.88. The number of fused-ring (bicyclic) bond motifs is 2. The van der Waals surface area contributed by atoms with Crippen LogP contribution in [-0.4, -0.2) is 51.5 Å². The fraction of sp³-hybridized carbons (Fsp3) is 0.733. The minimum Gasteiger partial charge on any atom is -0.444 e. The van der Waals surface area contributed by atoms with Gasteiger partial charge in [0.1, 0.15) is 5.60 Å². The molecule has 0 aliphatic carbocycles. The van der Waals surface area contributed by atoms with E-state index < -0.39 is 5.60 Å². The highest BCUT2D eigenvalue weighted by Gasteiger charge is 2.42. The fourth-order valence-electron chi connectivity index (χ4n) is 3.34. The topological polar surface area (TPSA) is 50.6 Å². The lowest BCUT2D eigenvalue weighted by Gasteiger charge is -2.41. The van der Waals surface area contributed by atoms with Crippen molar-refractivity contribution in [3.63, 3.8) is 0 Å². The SMILES string of the molecule is Cn1cc(N2C3CCC2CN(C(=O)OC(C)(C)C)C3)cn1. The Bertz CT molecular complexity index is 520. The summed E-state index contributed by atoms with van der Waals surface area (Å²) in [5.41, 5.74) is 0.727. The molecule has 2 aliphatic heterocycles. The van der Waals surface area contributed by atoms with Crippen molar-refractivity contribution < 1.29 is 9.53 Å². The van der Waals surface area contributed by atoms with Crippen LogP contribution in [0.2, 0.25) is 0 Å². The Morgan fingerprint density at radius 1 is 1.29 bits per heavy atom. The lowest BCUT2D eigenvalue weighted by atomic mass is 10.2. The summed E-state index contributed by atoms with van der Waals surface area (Å²) in [5.74, 6) is 0. The predicted molar refractivity (Wildman–Crippen MR) is 80.3 cm³/mol. The third kappa shape index (κ3) is 2.84. The molecule has 2 unspecified atom stereocenters. The zero-order chi connectivity index (χ0) is 15.2. The molecule has 0 radical (unpaired) electrons. The zero-order valence-corrected chi connectivity index (χ0v) is 13.2. The molecule has 1 amide bonds. The molecule has 2 atom stereocenters. The van der Waals surface area contributed by atoms with Gasteiger partial charge in [-0.3, -0.25) is 4.68 Å². The van der Waals surface area contributed by atoms with Crippen molar-refractivity contribution in [2.24, 2.45) is 7.05 Å². The summed E-state index contributed by atoms with van der Waals surface area (Å²) in [4.78, 5) is 16.5. The number of anilines is 1. The molecule has 1 aromatic heterocycles. The second-order valence-corrected chi connectivity index (χ2v) is 7.05. The van der Waals surface area contributed by atoms with Crippen molar-refractivity contribution in [1.82, 2.24) is 14.7 Å². The summed E-state index contributed by atoms with van der Waals surface area (Å²) < 4.78 is 7.33. The van der Waals surface area contributed by atoms with E-state index in [-0.39, 0.29) is 6.09 Å². The first-order chi connectivity index (χ1) is 9.83. The van der Waals surface area contributed by atoms with E-state index in [9.17, 15) is 4.79 Å². The van der Waals surface area contributed by atoms with Crippen LogP contribution in [-0.2, 0) is 11.8 Å². The molecule has 21 heavy (non-hydrogen) atoms. The molecule has 0 N–H and O–H groups in total. The van der Waals surface area contributed by atoms with Gasteiger partial charge in [-0.2, -0.15) is 5.10 Å². The van der Waals surface area contributed by atoms with Gasteiger partial charge in [0, 0.05) is 38.4 Å². The molecule has 2 bridgehead atoms. The van der Waals surface area contributed by atoms with Crippen LogP contribution in [0.5, 0.6) is 0 Å².